The van der Waals surface area contributed by atoms with Gasteiger partial charge in [0.05, 0.1) is 0 Å². The molecule has 0 bridgehead atoms. The van der Waals surface area contributed by atoms with Crippen LogP contribution in [0.25, 0.3) is 0 Å². The van der Waals surface area contributed by atoms with E-state index in [-0.39, 0.29) is 17.7 Å². The summed E-state index contributed by atoms with van der Waals surface area (Å²) in [5.74, 6) is -2.54. The third-order valence-corrected chi connectivity index (χ3v) is 4.44. The monoisotopic (exact) mass is 374 g/mol. The minimum atomic E-state index is -1.06. The highest BCUT2D eigenvalue weighted by atomic mass is 19.2. The first-order valence-electron chi connectivity index (χ1n) is 8.80. The second-order valence-electron chi connectivity index (χ2n) is 6.48. The largest absolute Gasteiger partial charge is 0.446 e. The number of ether oxygens (including phenoxy) is 1. The second kappa shape index (κ2) is 8.62. The molecule has 5 nitrogen and oxygen atoms in total. The van der Waals surface area contributed by atoms with E-state index in [9.17, 15) is 18.4 Å². The van der Waals surface area contributed by atoms with Crippen LogP contribution in [-0.4, -0.2) is 24.1 Å². The summed E-state index contributed by atoms with van der Waals surface area (Å²) in [6.07, 6.45) is 1.83. The molecule has 1 saturated carbocycles. The minimum Gasteiger partial charge on any atom is -0.446 e. The van der Waals surface area contributed by atoms with Gasteiger partial charge in [-0.1, -0.05) is 18.2 Å². The smallest absolute Gasteiger partial charge is 0.411 e. The van der Waals surface area contributed by atoms with E-state index in [0.717, 1.165) is 25.0 Å². The van der Waals surface area contributed by atoms with Crippen LogP contribution < -0.4 is 10.6 Å². The van der Waals surface area contributed by atoms with Crippen LogP contribution in [-0.2, 0) is 4.74 Å². The first kappa shape index (κ1) is 18.8. The standard InChI is InChI=1S/C20H20F2N2O3/c21-17-10-9-13(11-18(17)22)19(25)23-15-7-4-8-16(12-15)27-20(26)24-14-5-2-1-3-6-14/h1-3,5-6,9-11,15-16H,4,7-8,12H2,(H,23,25)(H,24,26)/t15-,16-/m0/s1. The van der Waals surface area contributed by atoms with Gasteiger partial charge >= 0.3 is 6.09 Å². The molecule has 0 heterocycles. The van der Waals surface area contributed by atoms with Gasteiger partial charge < -0.3 is 10.1 Å². The zero-order valence-electron chi connectivity index (χ0n) is 14.6. The van der Waals surface area contributed by atoms with Crippen molar-refractivity contribution in [1.29, 1.82) is 0 Å². The number of hydrogen-bond donors (Lipinski definition) is 2. The fourth-order valence-electron chi connectivity index (χ4n) is 3.11. The molecule has 7 heteroatoms. The average molecular weight is 374 g/mol. The maximum Gasteiger partial charge on any atom is 0.411 e. The molecular formula is C20H20F2N2O3. The van der Waals surface area contributed by atoms with Crippen LogP contribution in [0.2, 0.25) is 0 Å². The number of hydrogen-bond acceptors (Lipinski definition) is 3. The zero-order chi connectivity index (χ0) is 19.2. The lowest BCUT2D eigenvalue weighted by Gasteiger charge is -2.29. The number of benzene rings is 2. The predicted molar refractivity (Wildman–Crippen MR) is 96.4 cm³/mol. The van der Waals surface area contributed by atoms with E-state index < -0.39 is 23.6 Å². The van der Waals surface area contributed by atoms with E-state index in [0.29, 0.717) is 18.5 Å². The van der Waals surface area contributed by atoms with Crippen molar-refractivity contribution in [2.24, 2.45) is 0 Å². The van der Waals surface area contributed by atoms with E-state index in [1.54, 1.807) is 24.3 Å². The third-order valence-electron chi connectivity index (χ3n) is 4.44. The van der Waals surface area contributed by atoms with Crippen molar-refractivity contribution in [2.45, 2.75) is 37.8 Å². The van der Waals surface area contributed by atoms with Gasteiger partial charge in [0, 0.05) is 23.7 Å². The number of halogens is 2. The van der Waals surface area contributed by atoms with Crippen LogP contribution in [0.1, 0.15) is 36.0 Å². The number of rotatable bonds is 4. The highest BCUT2D eigenvalue weighted by Crippen LogP contribution is 2.22. The molecule has 2 amide bonds. The minimum absolute atomic E-state index is 0.0544. The molecule has 2 aromatic rings. The summed E-state index contributed by atoms with van der Waals surface area (Å²) in [6, 6.07) is 11.8. The van der Waals surface area contributed by atoms with Crippen LogP contribution in [0, 0.1) is 11.6 Å². The van der Waals surface area contributed by atoms with E-state index in [1.807, 2.05) is 6.07 Å². The molecule has 0 spiro atoms. The highest BCUT2D eigenvalue weighted by molar-refractivity contribution is 5.94. The third kappa shape index (κ3) is 5.26. The number of nitrogens with one attached hydrogen (secondary N) is 2. The molecule has 0 saturated heterocycles. The fourth-order valence-corrected chi connectivity index (χ4v) is 3.11. The van der Waals surface area contributed by atoms with E-state index >= 15 is 0 Å². The van der Waals surface area contributed by atoms with E-state index in [4.69, 9.17) is 4.74 Å². The van der Waals surface area contributed by atoms with E-state index in [2.05, 4.69) is 10.6 Å². The summed E-state index contributed by atoms with van der Waals surface area (Å²) in [6.45, 7) is 0. The summed E-state index contributed by atoms with van der Waals surface area (Å²) in [4.78, 5) is 24.2. The van der Waals surface area contributed by atoms with Gasteiger partial charge in [0.25, 0.3) is 5.91 Å². The molecule has 1 aliphatic carbocycles. The van der Waals surface area contributed by atoms with Crippen molar-refractivity contribution in [3.05, 3.63) is 65.7 Å². The molecule has 0 aromatic heterocycles. The van der Waals surface area contributed by atoms with Gasteiger partial charge in [-0.05, 0) is 49.6 Å². The average Bonchev–Trinajstić information content (AvgIpc) is 2.65. The maximum absolute atomic E-state index is 13.3. The predicted octanol–water partition coefficient (Wildman–Crippen LogP) is 4.25. The summed E-state index contributed by atoms with van der Waals surface area (Å²) in [5.41, 5.74) is 0.695. The van der Waals surface area contributed by atoms with Crippen LogP contribution in [0.3, 0.4) is 0 Å². The summed E-state index contributed by atoms with van der Waals surface area (Å²) >= 11 is 0. The van der Waals surface area contributed by atoms with Crippen molar-refractivity contribution >= 4 is 17.7 Å². The SMILES string of the molecule is O=C(Nc1ccccc1)O[C@H]1CCC[C@H](NC(=O)c2ccc(F)c(F)c2)C1. The van der Waals surface area contributed by atoms with Crippen molar-refractivity contribution in [2.75, 3.05) is 5.32 Å². The Balaban J connectivity index is 1.52. The second-order valence-corrected chi connectivity index (χ2v) is 6.48. The maximum atomic E-state index is 13.3. The van der Waals surface area contributed by atoms with Crippen molar-refractivity contribution < 1.29 is 23.1 Å². The van der Waals surface area contributed by atoms with Gasteiger partial charge in [0.2, 0.25) is 0 Å². The summed E-state index contributed by atoms with van der Waals surface area (Å²) < 4.78 is 31.7. The molecular weight excluding hydrogens is 354 g/mol. The summed E-state index contributed by atoms with van der Waals surface area (Å²) in [7, 11) is 0. The first-order chi connectivity index (χ1) is 13.0. The van der Waals surface area contributed by atoms with Gasteiger partial charge in [0.1, 0.15) is 6.10 Å². The van der Waals surface area contributed by atoms with Crippen LogP contribution in [0.15, 0.2) is 48.5 Å². The molecule has 1 aliphatic rings. The quantitative estimate of drug-likeness (QED) is 0.841. The number of para-hydroxylation sites is 1. The summed E-state index contributed by atoms with van der Waals surface area (Å²) in [5, 5.41) is 5.45. The molecule has 2 atom stereocenters. The lowest BCUT2D eigenvalue weighted by molar-refractivity contribution is 0.0712. The molecule has 0 radical (unpaired) electrons. The van der Waals surface area contributed by atoms with Gasteiger partial charge in [-0.15, -0.1) is 0 Å². The molecule has 2 aromatic carbocycles. The van der Waals surface area contributed by atoms with E-state index in [1.165, 1.54) is 6.07 Å². The zero-order valence-corrected chi connectivity index (χ0v) is 14.6. The van der Waals surface area contributed by atoms with Gasteiger partial charge in [-0.2, -0.15) is 0 Å². The Labute approximate surface area is 155 Å². The molecule has 2 N–H and O–H groups in total. The van der Waals surface area contributed by atoms with Gasteiger partial charge in [0.15, 0.2) is 11.6 Å². The normalized spacial score (nSPS) is 19.2. The molecule has 0 aliphatic heterocycles. The molecule has 27 heavy (non-hydrogen) atoms. The Bertz CT molecular complexity index is 814. The molecule has 0 unspecified atom stereocenters. The first-order valence-corrected chi connectivity index (χ1v) is 8.80. The van der Waals surface area contributed by atoms with Crippen molar-refractivity contribution in [3.8, 4) is 0 Å². The topological polar surface area (TPSA) is 67.4 Å². The van der Waals surface area contributed by atoms with Crippen LogP contribution >= 0.6 is 0 Å². The molecule has 3 rings (SSSR count). The van der Waals surface area contributed by atoms with Crippen LogP contribution in [0.5, 0.6) is 0 Å². The van der Waals surface area contributed by atoms with Crippen molar-refractivity contribution in [3.63, 3.8) is 0 Å². The number of amides is 2. The Morgan fingerprint density at radius 3 is 2.52 bits per heavy atom. The van der Waals surface area contributed by atoms with Crippen LogP contribution in [0.4, 0.5) is 19.3 Å². The Morgan fingerprint density at radius 1 is 1.00 bits per heavy atom. The molecule has 1 fully saturated rings. The highest BCUT2D eigenvalue weighted by Gasteiger charge is 2.26. The Morgan fingerprint density at radius 2 is 1.78 bits per heavy atom. The fraction of sp³-hybridized carbons (Fsp3) is 0.300. The number of carbonyl (C=O) groups is 2. The van der Waals surface area contributed by atoms with Crippen molar-refractivity contribution in [1.82, 2.24) is 5.32 Å². The Hall–Kier alpha value is -2.96. The lowest BCUT2D eigenvalue weighted by Crippen LogP contribution is -2.41. The number of carbonyl (C=O) groups excluding carboxylic acids is 2. The molecule has 142 valence electrons. The Kier molecular flexibility index (Phi) is 6.01. The van der Waals surface area contributed by atoms with Gasteiger partial charge in [-0.25, -0.2) is 13.6 Å². The van der Waals surface area contributed by atoms with Gasteiger partial charge in [-0.3, -0.25) is 10.1 Å². The lowest BCUT2D eigenvalue weighted by atomic mass is 9.92. The number of anilines is 1.